The minimum atomic E-state index is -3.67. The van der Waals surface area contributed by atoms with Crippen LogP contribution in [0.5, 0.6) is 11.5 Å². The first-order chi connectivity index (χ1) is 9.00. The second-order valence-electron chi connectivity index (χ2n) is 4.56. The number of benzene rings is 1. The summed E-state index contributed by atoms with van der Waals surface area (Å²) in [7, 11) is -3.67. The zero-order chi connectivity index (χ0) is 15.9. The lowest BCUT2D eigenvalue weighted by Crippen LogP contribution is -2.27. The Morgan fingerprint density at radius 2 is 1.70 bits per heavy atom. The van der Waals surface area contributed by atoms with Gasteiger partial charge in [-0.05, 0) is 17.7 Å². The van der Waals surface area contributed by atoms with Crippen LogP contribution in [0.4, 0.5) is 0 Å². The molecule has 0 amide bonds. The van der Waals surface area contributed by atoms with Crippen LogP contribution in [-0.2, 0) is 10.1 Å². The highest BCUT2D eigenvalue weighted by Gasteiger charge is 2.10. The fraction of sp³-hybridized carbons (Fsp3) is 0.500. The molecule has 0 aliphatic heterocycles. The largest absolute Gasteiger partial charge is 0.504 e. The second kappa shape index (κ2) is 8.05. The fourth-order valence-corrected chi connectivity index (χ4v) is 1.21. The average molecular weight is 307 g/mol. The van der Waals surface area contributed by atoms with E-state index in [1.54, 1.807) is 6.07 Å². The number of nitrogens with one attached hydrogen (secondary N) is 1. The summed E-state index contributed by atoms with van der Waals surface area (Å²) in [5.74, 6) is -0.390. The quantitative estimate of drug-likeness (QED) is 0.408. The van der Waals surface area contributed by atoms with E-state index in [0.717, 1.165) is 0 Å². The van der Waals surface area contributed by atoms with E-state index in [2.05, 4.69) is 5.32 Å². The number of aromatic hydroxyl groups is 2. The second-order valence-corrected chi connectivity index (χ2v) is 6.03. The van der Waals surface area contributed by atoms with Crippen LogP contribution >= 0.6 is 0 Å². The molecule has 20 heavy (non-hydrogen) atoms. The average Bonchev–Trinajstić information content (AvgIpc) is 2.27. The van der Waals surface area contributed by atoms with Crippen LogP contribution in [0.3, 0.4) is 0 Å². The SMILES string of the molecule is CC(C)NCC(O)c1ccc(O)c(O)c1.CS(=O)(=O)O. The molecule has 1 unspecified atom stereocenters. The minimum Gasteiger partial charge on any atom is -0.504 e. The lowest BCUT2D eigenvalue weighted by Gasteiger charge is -2.14. The number of phenols is 2. The van der Waals surface area contributed by atoms with Crippen molar-refractivity contribution in [3.05, 3.63) is 23.8 Å². The third-order valence-electron chi connectivity index (χ3n) is 2.10. The van der Waals surface area contributed by atoms with Crippen LogP contribution in [0.2, 0.25) is 0 Å². The molecule has 0 aliphatic rings. The Balaban J connectivity index is 0.000000621. The van der Waals surface area contributed by atoms with Crippen molar-refractivity contribution in [2.24, 2.45) is 0 Å². The fourth-order valence-electron chi connectivity index (χ4n) is 1.21. The summed E-state index contributed by atoms with van der Waals surface area (Å²) in [5.41, 5.74) is 0.582. The van der Waals surface area contributed by atoms with Crippen molar-refractivity contribution >= 4 is 10.1 Å². The van der Waals surface area contributed by atoms with Crippen molar-refractivity contribution in [3.8, 4) is 11.5 Å². The molecule has 0 aromatic heterocycles. The molecular formula is C12H21NO6S. The summed E-state index contributed by atoms with van der Waals surface area (Å²) in [6.07, 6.45) is 0.0337. The van der Waals surface area contributed by atoms with Crippen molar-refractivity contribution in [2.45, 2.75) is 26.0 Å². The molecule has 0 fully saturated rings. The maximum atomic E-state index is 9.73. The Kier molecular flexibility index (Phi) is 7.51. The summed E-state index contributed by atoms with van der Waals surface area (Å²) in [6.45, 7) is 4.39. The van der Waals surface area contributed by atoms with Gasteiger partial charge in [-0.25, -0.2) is 0 Å². The lowest BCUT2D eigenvalue weighted by atomic mass is 10.1. The Hall–Kier alpha value is -1.35. The molecular weight excluding hydrogens is 286 g/mol. The van der Waals surface area contributed by atoms with Gasteiger partial charge in [0.25, 0.3) is 10.1 Å². The highest BCUT2D eigenvalue weighted by Crippen LogP contribution is 2.27. The lowest BCUT2D eigenvalue weighted by molar-refractivity contribution is 0.171. The monoisotopic (exact) mass is 307 g/mol. The van der Waals surface area contributed by atoms with Gasteiger partial charge in [-0.3, -0.25) is 4.55 Å². The van der Waals surface area contributed by atoms with Crippen molar-refractivity contribution in [2.75, 3.05) is 12.8 Å². The Bertz CT molecular complexity index is 507. The van der Waals surface area contributed by atoms with E-state index in [9.17, 15) is 18.6 Å². The van der Waals surface area contributed by atoms with Gasteiger partial charge < -0.3 is 20.6 Å². The molecule has 7 nitrogen and oxygen atoms in total. The third-order valence-corrected chi connectivity index (χ3v) is 2.10. The van der Waals surface area contributed by atoms with E-state index in [0.29, 0.717) is 24.4 Å². The standard InChI is InChI=1S/C11H17NO3.CH4O3S/c1-7(2)12-6-11(15)8-3-4-9(13)10(14)5-8;1-5(2,3)4/h3-5,7,11-15H,6H2,1-2H3;1H3,(H,2,3,4). The van der Waals surface area contributed by atoms with Crippen LogP contribution in [0.1, 0.15) is 25.5 Å². The Morgan fingerprint density at radius 3 is 2.10 bits per heavy atom. The molecule has 0 saturated carbocycles. The molecule has 0 bridgehead atoms. The number of rotatable bonds is 4. The first-order valence-corrected chi connectivity index (χ1v) is 7.71. The van der Waals surface area contributed by atoms with Crippen molar-refractivity contribution in [1.29, 1.82) is 0 Å². The predicted octanol–water partition coefficient (Wildman–Crippen LogP) is 0.633. The molecule has 0 saturated heterocycles. The van der Waals surface area contributed by atoms with E-state index in [1.807, 2.05) is 13.8 Å². The molecule has 0 spiro atoms. The normalized spacial score (nSPS) is 12.7. The zero-order valence-corrected chi connectivity index (χ0v) is 12.4. The topological polar surface area (TPSA) is 127 Å². The maximum Gasteiger partial charge on any atom is 0.261 e. The number of phenolic OH excluding ortho intramolecular Hbond substituents is 2. The number of hydrogen-bond acceptors (Lipinski definition) is 6. The smallest absolute Gasteiger partial charge is 0.261 e. The van der Waals surface area contributed by atoms with E-state index in [4.69, 9.17) is 9.66 Å². The van der Waals surface area contributed by atoms with E-state index < -0.39 is 16.2 Å². The van der Waals surface area contributed by atoms with Crippen molar-refractivity contribution in [1.82, 2.24) is 5.32 Å². The molecule has 1 rings (SSSR count). The number of aliphatic hydroxyl groups excluding tert-OH is 1. The Labute approximate surface area is 118 Å². The maximum absolute atomic E-state index is 9.73. The summed E-state index contributed by atoms with van der Waals surface area (Å²) >= 11 is 0. The van der Waals surface area contributed by atoms with Gasteiger partial charge in [-0.1, -0.05) is 19.9 Å². The number of aliphatic hydroxyl groups is 1. The predicted molar refractivity (Wildman–Crippen MR) is 75.3 cm³/mol. The van der Waals surface area contributed by atoms with Gasteiger partial charge in [0.1, 0.15) is 0 Å². The minimum absolute atomic E-state index is 0.178. The molecule has 1 aromatic rings. The molecule has 8 heteroatoms. The summed E-state index contributed by atoms with van der Waals surface area (Å²) < 4.78 is 25.9. The van der Waals surface area contributed by atoms with E-state index in [-0.39, 0.29) is 11.5 Å². The molecule has 0 heterocycles. The van der Waals surface area contributed by atoms with Gasteiger partial charge >= 0.3 is 0 Å². The van der Waals surface area contributed by atoms with Crippen LogP contribution in [0.15, 0.2) is 18.2 Å². The van der Waals surface area contributed by atoms with E-state index in [1.165, 1.54) is 12.1 Å². The summed E-state index contributed by atoms with van der Waals surface area (Å²) in [4.78, 5) is 0. The van der Waals surface area contributed by atoms with Gasteiger partial charge in [0.2, 0.25) is 0 Å². The molecule has 0 aliphatic carbocycles. The van der Waals surface area contributed by atoms with Gasteiger partial charge in [0.15, 0.2) is 11.5 Å². The van der Waals surface area contributed by atoms with Gasteiger partial charge in [-0.15, -0.1) is 0 Å². The van der Waals surface area contributed by atoms with Crippen LogP contribution in [0, 0.1) is 0 Å². The van der Waals surface area contributed by atoms with Crippen molar-refractivity contribution < 1.29 is 28.3 Å². The first kappa shape index (κ1) is 18.7. The number of hydrogen-bond donors (Lipinski definition) is 5. The van der Waals surface area contributed by atoms with Gasteiger partial charge in [0.05, 0.1) is 12.4 Å². The van der Waals surface area contributed by atoms with Gasteiger partial charge in [0, 0.05) is 12.6 Å². The first-order valence-electron chi connectivity index (χ1n) is 5.86. The van der Waals surface area contributed by atoms with Crippen LogP contribution in [-0.4, -0.2) is 47.1 Å². The molecule has 1 aromatic carbocycles. The highest BCUT2D eigenvalue weighted by molar-refractivity contribution is 7.85. The van der Waals surface area contributed by atoms with E-state index >= 15 is 0 Å². The van der Waals surface area contributed by atoms with Crippen LogP contribution in [0.25, 0.3) is 0 Å². The highest BCUT2D eigenvalue weighted by atomic mass is 32.2. The molecule has 1 atom stereocenters. The van der Waals surface area contributed by atoms with Gasteiger partial charge in [-0.2, -0.15) is 8.42 Å². The molecule has 5 N–H and O–H groups in total. The van der Waals surface area contributed by atoms with Crippen LogP contribution < -0.4 is 5.32 Å². The van der Waals surface area contributed by atoms with Crippen molar-refractivity contribution in [3.63, 3.8) is 0 Å². The third kappa shape index (κ3) is 9.56. The molecule has 116 valence electrons. The molecule has 0 radical (unpaired) electrons. The zero-order valence-electron chi connectivity index (χ0n) is 11.6. The summed E-state index contributed by atoms with van der Waals surface area (Å²) in [6, 6.07) is 4.61. The summed E-state index contributed by atoms with van der Waals surface area (Å²) in [5, 5.41) is 31.2. The Morgan fingerprint density at radius 1 is 1.20 bits per heavy atom.